The Bertz CT molecular complexity index is 507. The highest BCUT2D eigenvalue weighted by Crippen LogP contribution is 2.31. The van der Waals surface area contributed by atoms with Crippen LogP contribution in [0.4, 0.5) is 4.39 Å². The topological polar surface area (TPSA) is 38.0 Å². The summed E-state index contributed by atoms with van der Waals surface area (Å²) in [6.07, 6.45) is 0. The normalized spacial score (nSPS) is 12.7. The van der Waals surface area contributed by atoms with Gasteiger partial charge in [0.15, 0.2) is 0 Å². The van der Waals surface area contributed by atoms with E-state index < -0.39 is 0 Å². The third-order valence-corrected chi connectivity index (χ3v) is 4.27. The van der Waals surface area contributed by atoms with Crippen molar-refractivity contribution >= 4 is 27.3 Å². The molecule has 0 spiro atoms. The second-order valence-corrected chi connectivity index (χ2v) is 5.43. The molecule has 1 atom stereocenters. The van der Waals surface area contributed by atoms with Crippen molar-refractivity contribution in [2.75, 3.05) is 0 Å². The first-order chi connectivity index (χ1) is 8.11. The number of aryl methyl sites for hydroxylation is 1. The molecule has 1 aromatic heterocycles. The van der Waals surface area contributed by atoms with Crippen LogP contribution in [0, 0.1) is 12.7 Å². The number of benzene rings is 1. The van der Waals surface area contributed by atoms with Crippen molar-refractivity contribution in [2.24, 2.45) is 5.84 Å². The molecule has 17 heavy (non-hydrogen) atoms. The van der Waals surface area contributed by atoms with Crippen LogP contribution in [-0.4, -0.2) is 0 Å². The van der Waals surface area contributed by atoms with E-state index in [0.29, 0.717) is 0 Å². The van der Waals surface area contributed by atoms with E-state index in [0.717, 1.165) is 21.2 Å². The highest BCUT2D eigenvalue weighted by atomic mass is 79.9. The van der Waals surface area contributed by atoms with E-state index in [2.05, 4.69) is 21.4 Å². The van der Waals surface area contributed by atoms with Gasteiger partial charge in [-0.3, -0.25) is 5.84 Å². The summed E-state index contributed by atoms with van der Waals surface area (Å²) >= 11 is 5.04. The number of rotatable bonds is 3. The molecule has 2 rings (SSSR count). The van der Waals surface area contributed by atoms with Gasteiger partial charge in [-0.2, -0.15) is 11.3 Å². The molecule has 0 saturated carbocycles. The number of nitrogens with two attached hydrogens (primary N) is 1. The molecule has 3 N–H and O–H groups in total. The number of hydrogen-bond acceptors (Lipinski definition) is 3. The van der Waals surface area contributed by atoms with Crippen LogP contribution < -0.4 is 11.3 Å². The Morgan fingerprint density at radius 3 is 2.65 bits per heavy atom. The number of halogens is 2. The number of nitrogens with one attached hydrogen (secondary N) is 1. The molecule has 0 fully saturated rings. The van der Waals surface area contributed by atoms with Gasteiger partial charge in [-0.05, 0) is 57.1 Å². The zero-order valence-electron chi connectivity index (χ0n) is 9.21. The monoisotopic (exact) mass is 314 g/mol. The summed E-state index contributed by atoms with van der Waals surface area (Å²) in [4.78, 5) is 0. The minimum atomic E-state index is -0.244. The molecule has 5 heteroatoms. The Labute approximate surface area is 112 Å². The van der Waals surface area contributed by atoms with Crippen molar-refractivity contribution in [1.29, 1.82) is 0 Å². The van der Waals surface area contributed by atoms with Crippen molar-refractivity contribution in [3.8, 4) is 0 Å². The summed E-state index contributed by atoms with van der Waals surface area (Å²) in [5.74, 6) is 5.33. The summed E-state index contributed by atoms with van der Waals surface area (Å²) in [5.41, 5.74) is 5.45. The maximum Gasteiger partial charge on any atom is 0.123 e. The average Bonchev–Trinajstić information content (AvgIpc) is 2.65. The first-order valence-electron chi connectivity index (χ1n) is 5.06. The average molecular weight is 315 g/mol. The lowest BCUT2D eigenvalue weighted by atomic mass is 10.00. The van der Waals surface area contributed by atoms with E-state index >= 15 is 0 Å². The van der Waals surface area contributed by atoms with Gasteiger partial charge < -0.3 is 0 Å². The molecule has 1 heterocycles. The zero-order valence-corrected chi connectivity index (χ0v) is 11.6. The third kappa shape index (κ3) is 2.74. The van der Waals surface area contributed by atoms with Gasteiger partial charge in [0.25, 0.3) is 0 Å². The number of thiophene rings is 1. The van der Waals surface area contributed by atoms with Crippen LogP contribution in [0.2, 0.25) is 0 Å². The lowest BCUT2D eigenvalue weighted by Crippen LogP contribution is -2.28. The van der Waals surface area contributed by atoms with E-state index in [4.69, 9.17) is 5.84 Å². The van der Waals surface area contributed by atoms with Gasteiger partial charge in [-0.1, -0.05) is 6.07 Å². The van der Waals surface area contributed by atoms with Crippen LogP contribution in [0.3, 0.4) is 0 Å². The molecular formula is C12H12BrFN2S. The predicted octanol–water partition coefficient (Wildman–Crippen LogP) is 3.51. The SMILES string of the molecule is Cc1cc(F)cc(C(NN)c2cscc2Br)c1. The van der Waals surface area contributed by atoms with Crippen molar-refractivity contribution in [3.63, 3.8) is 0 Å². The summed E-state index contributed by atoms with van der Waals surface area (Å²) in [7, 11) is 0. The van der Waals surface area contributed by atoms with Crippen LogP contribution >= 0.6 is 27.3 Å². The number of hydrogen-bond donors (Lipinski definition) is 2. The molecule has 2 aromatic rings. The van der Waals surface area contributed by atoms with Crippen LogP contribution in [0.15, 0.2) is 33.4 Å². The lowest BCUT2D eigenvalue weighted by Gasteiger charge is -2.16. The first kappa shape index (κ1) is 12.7. The van der Waals surface area contributed by atoms with Gasteiger partial charge in [0, 0.05) is 9.85 Å². The zero-order chi connectivity index (χ0) is 12.4. The predicted molar refractivity (Wildman–Crippen MR) is 72.3 cm³/mol. The molecule has 0 aliphatic rings. The Morgan fingerprint density at radius 1 is 1.35 bits per heavy atom. The summed E-state index contributed by atoms with van der Waals surface area (Å²) in [6.45, 7) is 1.86. The minimum absolute atomic E-state index is 0.204. The van der Waals surface area contributed by atoms with Gasteiger partial charge in [-0.25, -0.2) is 9.82 Å². The molecule has 0 amide bonds. The summed E-state index contributed by atoms with van der Waals surface area (Å²) < 4.78 is 14.4. The Kier molecular flexibility index (Phi) is 3.93. The van der Waals surface area contributed by atoms with Gasteiger partial charge >= 0.3 is 0 Å². The van der Waals surface area contributed by atoms with Crippen molar-refractivity contribution in [2.45, 2.75) is 13.0 Å². The van der Waals surface area contributed by atoms with E-state index in [1.54, 1.807) is 11.3 Å². The first-order valence-corrected chi connectivity index (χ1v) is 6.80. The molecule has 2 nitrogen and oxygen atoms in total. The van der Waals surface area contributed by atoms with Gasteiger partial charge in [0.1, 0.15) is 5.82 Å². The highest BCUT2D eigenvalue weighted by molar-refractivity contribution is 9.10. The number of hydrazine groups is 1. The fourth-order valence-electron chi connectivity index (χ4n) is 1.79. The van der Waals surface area contributed by atoms with Crippen LogP contribution in [0.1, 0.15) is 22.7 Å². The Hall–Kier alpha value is -0.750. The van der Waals surface area contributed by atoms with E-state index in [1.165, 1.54) is 12.1 Å². The molecule has 0 radical (unpaired) electrons. The van der Waals surface area contributed by atoms with Crippen LogP contribution in [0.25, 0.3) is 0 Å². The Balaban J connectivity index is 2.45. The molecule has 0 aliphatic carbocycles. The van der Waals surface area contributed by atoms with Gasteiger partial charge in [0.2, 0.25) is 0 Å². The highest BCUT2D eigenvalue weighted by Gasteiger charge is 2.17. The summed E-state index contributed by atoms with van der Waals surface area (Å²) in [6, 6.07) is 4.73. The van der Waals surface area contributed by atoms with E-state index in [1.807, 2.05) is 23.8 Å². The lowest BCUT2D eigenvalue weighted by molar-refractivity contribution is 0.604. The Morgan fingerprint density at radius 2 is 2.12 bits per heavy atom. The molecule has 1 unspecified atom stereocenters. The van der Waals surface area contributed by atoms with Crippen molar-refractivity contribution in [3.05, 3.63) is 55.9 Å². The quantitative estimate of drug-likeness (QED) is 0.672. The molecule has 0 bridgehead atoms. The molecule has 0 saturated heterocycles. The minimum Gasteiger partial charge on any atom is -0.271 e. The van der Waals surface area contributed by atoms with Gasteiger partial charge in [0.05, 0.1) is 6.04 Å². The maximum atomic E-state index is 13.4. The summed E-state index contributed by atoms with van der Waals surface area (Å²) in [5, 5.41) is 3.97. The molecule has 90 valence electrons. The fraction of sp³-hybridized carbons (Fsp3) is 0.167. The van der Waals surface area contributed by atoms with Crippen LogP contribution in [-0.2, 0) is 0 Å². The van der Waals surface area contributed by atoms with E-state index in [-0.39, 0.29) is 11.9 Å². The van der Waals surface area contributed by atoms with Gasteiger partial charge in [-0.15, -0.1) is 0 Å². The van der Waals surface area contributed by atoms with Crippen LogP contribution in [0.5, 0.6) is 0 Å². The largest absolute Gasteiger partial charge is 0.271 e. The molecule has 0 aliphatic heterocycles. The standard InChI is InChI=1S/C12H12BrFN2S/c1-7-2-8(4-9(14)3-7)12(16-15)10-5-17-6-11(10)13/h2-6,12,16H,15H2,1H3. The van der Waals surface area contributed by atoms with E-state index in [9.17, 15) is 4.39 Å². The smallest absolute Gasteiger partial charge is 0.123 e. The third-order valence-electron chi connectivity index (χ3n) is 2.52. The molecule has 1 aromatic carbocycles. The van der Waals surface area contributed by atoms with Crippen molar-refractivity contribution < 1.29 is 4.39 Å². The maximum absolute atomic E-state index is 13.4. The molecular weight excluding hydrogens is 303 g/mol. The van der Waals surface area contributed by atoms with Crippen molar-refractivity contribution in [1.82, 2.24) is 5.43 Å². The fourth-order valence-corrected chi connectivity index (χ4v) is 3.35. The second-order valence-electron chi connectivity index (χ2n) is 3.84. The second kappa shape index (κ2) is 5.27.